The van der Waals surface area contributed by atoms with Crippen LogP contribution in [-0.4, -0.2) is 25.5 Å². The van der Waals surface area contributed by atoms with Gasteiger partial charge in [0.1, 0.15) is 0 Å². The molecule has 20 heavy (non-hydrogen) atoms. The largest absolute Gasteiger partial charge is 0.469 e. The number of ether oxygens (including phenoxy) is 1. The minimum Gasteiger partial charge on any atom is -0.469 e. The summed E-state index contributed by atoms with van der Waals surface area (Å²) in [6.07, 6.45) is 0.227. The Labute approximate surface area is 119 Å². The third-order valence-electron chi connectivity index (χ3n) is 3.66. The van der Waals surface area contributed by atoms with Crippen molar-refractivity contribution in [3.63, 3.8) is 0 Å². The minimum atomic E-state index is -0.361. The molecule has 0 aliphatic carbocycles. The number of benzene rings is 1. The number of para-hydroxylation sites is 1. The van der Waals surface area contributed by atoms with Gasteiger partial charge in [-0.15, -0.1) is 0 Å². The second kappa shape index (κ2) is 5.27. The number of amides is 1. The molecule has 0 saturated carbocycles. The van der Waals surface area contributed by atoms with Crippen LogP contribution in [0.25, 0.3) is 0 Å². The molecule has 0 aromatic heterocycles. The van der Waals surface area contributed by atoms with E-state index in [9.17, 15) is 9.59 Å². The van der Waals surface area contributed by atoms with Gasteiger partial charge in [-0.2, -0.15) is 0 Å². The Kier molecular flexibility index (Phi) is 3.84. The van der Waals surface area contributed by atoms with Crippen LogP contribution in [0.1, 0.15) is 32.8 Å². The van der Waals surface area contributed by atoms with Crippen molar-refractivity contribution in [2.45, 2.75) is 32.6 Å². The van der Waals surface area contributed by atoms with Crippen LogP contribution >= 0.6 is 0 Å². The molecule has 0 N–H and O–H groups in total. The molecular weight excluding hydrogens is 254 g/mol. The number of hydrogen-bond acceptors (Lipinski definition) is 3. The molecule has 1 unspecified atom stereocenters. The molecule has 0 radical (unpaired) electrons. The van der Waals surface area contributed by atoms with Crippen LogP contribution in [0, 0.1) is 5.92 Å². The van der Waals surface area contributed by atoms with Gasteiger partial charge in [0.25, 0.3) is 0 Å². The lowest BCUT2D eigenvalue weighted by Crippen LogP contribution is -2.29. The van der Waals surface area contributed by atoms with Crippen molar-refractivity contribution in [3.8, 4) is 0 Å². The number of hydrogen-bond donors (Lipinski definition) is 0. The monoisotopic (exact) mass is 275 g/mol. The Balaban J connectivity index is 2.34. The number of rotatable bonds is 2. The lowest BCUT2D eigenvalue weighted by Gasteiger charge is -2.27. The molecule has 4 heteroatoms. The number of anilines is 1. The Bertz CT molecular complexity index is 531. The molecule has 108 valence electrons. The molecule has 0 spiro atoms. The molecular formula is C16H21NO3. The summed E-state index contributed by atoms with van der Waals surface area (Å²) in [6, 6.07) is 7.87. The van der Waals surface area contributed by atoms with E-state index in [1.54, 1.807) is 4.90 Å². The van der Waals surface area contributed by atoms with Gasteiger partial charge in [-0.05, 0) is 17.0 Å². The summed E-state index contributed by atoms with van der Waals surface area (Å²) < 4.78 is 4.75. The number of methoxy groups -OCH3 is 1. The van der Waals surface area contributed by atoms with Crippen LogP contribution < -0.4 is 4.90 Å². The summed E-state index contributed by atoms with van der Waals surface area (Å²) in [4.78, 5) is 25.5. The molecule has 1 atom stereocenters. The summed E-state index contributed by atoms with van der Waals surface area (Å²) in [5.41, 5.74) is 1.95. The summed E-state index contributed by atoms with van der Waals surface area (Å²) in [5, 5.41) is 0. The molecule has 1 aromatic carbocycles. The number of esters is 1. The first-order valence-electron chi connectivity index (χ1n) is 6.82. The zero-order valence-corrected chi connectivity index (χ0v) is 12.5. The van der Waals surface area contributed by atoms with Crippen LogP contribution in [0.5, 0.6) is 0 Å². The fourth-order valence-electron chi connectivity index (χ4n) is 2.61. The summed E-state index contributed by atoms with van der Waals surface area (Å²) >= 11 is 0. The number of carbonyl (C=O) groups excluding carboxylic acids is 2. The fraction of sp³-hybridized carbons (Fsp3) is 0.500. The van der Waals surface area contributed by atoms with Gasteiger partial charge in [-0.25, -0.2) is 0 Å². The van der Waals surface area contributed by atoms with Crippen LogP contribution in [0.15, 0.2) is 24.3 Å². The van der Waals surface area contributed by atoms with Gasteiger partial charge in [0.2, 0.25) is 5.91 Å². The highest BCUT2D eigenvalue weighted by Gasteiger charge is 2.37. The van der Waals surface area contributed by atoms with Gasteiger partial charge < -0.3 is 9.64 Å². The Morgan fingerprint density at radius 1 is 1.30 bits per heavy atom. The molecule has 1 fully saturated rings. The van der Waals surface area contributed by atoms with Crippen molar-refractivity contribution in [1.82, 2.24) is 0 Å². The number of nitrogens with zero attached hydrogens (tertiary/aromatic N) is 1. The Morgan fingerprint density at radius 2 is 1.95 bits per heavy atom. The normalized spacial score (nSPS) is 19.3. The summed E-state index contributed by atoms with van der Waals surface area (Å²) in [5.74, 6) is -0.688. The Hall–Kier alpha value is -1.84. The quantitative estimate of drug-likeness (QED) is 0.779. The van der Waals surface area contributed by atoms with E-state index >= 15 is 0 Å². The predicted molar refractivity (Wildman–Crippen MR) is 77.6 cm³/mol. The highest BCUT2D eigenvalue weighted by atomic mass is 16.5. The van der Waals surface area contributed by atoms with Gasteiger partial charge in [-0.3, -0.25) is 9.59 Å². The third-order valence-corrected chi connectivity index (χ3v) is 3.66. The van der Waals surface area contributed by atoms with Gasteiger partial charge in [0.15, 0.2) is 0 Å². The molecule has 1 amide bonds. The molecule has 0 bridgehead atoms. The topological polar surface area (TPSA) is 46.6 Å². The lowest BCUT2D eigenvalue weighted by atomic mass is 9.85. The maximum absolute atomic E-state index is 12.2. The lowest BCUT2D eigenvalue weighted by molar-refractivity contribution is -0.145. The second-order valence-electron chi connectivity index (χ2n) is 6.20. The fourth-order valence-corrected chi connectivity index (χ4v) is 2.61. The van der Waals surface area contributed by atoms with Gasteiger partial charge >= 0.3 is 5.97 Å². The smallest absolute Gasteiger partial charge is 0.311 e. The van der Waals surface area contributed by atoms with E-state index in [-0.39, 0.29) is 29.6 Å². The van der Waals surface area contributed by atoms with Crippen LogP contribution in [-0.2, 0) is 19.7 Å². The maximum atomic E-state index is 12.2. The SMILES string of the molecule is COC(=O)C1CC(=O)N(c2ccccc2C(C)(C)C)C1. The molecule has 1 heterocycles. The molecule has 1 aliphatic rings. The van der Waals surface area contributed by atoms with Crippen molar-refractivity contribution in [1.29, 1.82) is 0 Å². The van der Waals surface area contributed by atoms with Crippen LogP contribution in [0.4, 0.5) is 5.69 Å². The molecule has 1 aromatic rings. The number of carbonyl (C=O) groups is 2. The van der Waals surface area contributed by atoms with Crippen LogP contribution in [0.2, 0.25) is 0 Å². The van der Waals surface area contributed by atoms with Gasteiger partial charge in [-0.1, -0.05) is 39.0 Å². The van der Waals surface area contributed by atoms with Gasteiger partial charge in [0.05, 0.1) is 13.0 Å². The minimum absolute atomic E-state index is 0.0166. The van der Waals surface area contributed by atoms with E-state index in [2.05, 4.69) is 20.8 Å². The maximum Gasteiger partial charge on any atom is 0.311 e. The molecule has 1 aliphatic heterocycles. The van der Waals surface area contributed by atoms with Crippen molar-refractivity contribution in [3.05, 3.63) is 29.8 Å². The molecule has 1 saturated heterocycles. The van der Waals surface area contributed by atoms with E-state index < -0.39 is 0 Å². The van der Waals surface area contributed by atoms with Crippen molar-refractivity contribution in [2.24, 2.45) is 5.92 Å². The Morgan fingerprint density at radius 3 is 2.55 bits per heavy atom. The van der Waals surface area contributed by atoms with E-state index in [0.29, 0.717) is 6.54 Å². The first-order valence-corrected chi connectivity index (χ1v) is 6.82. The van der Waals surface area contributed by atoms with E-state index in [0.717, 1.165) is 11.3 Å². The van der Waals surface area contributed by atoms with E-state index in [4.69, 9.17) is 4.74 Å². The van der Waals surface area contributed by atoms with Gasteiger partial charge in [0, 0.05) is 18.7 Å². The highest BCUT2D eigenvalue weighted by molar-refractivity contribution is 6.00. The van der Waals surface area contributed by atoms with E-state index in [1.807, 2.05) is 24.3 Å². The zero-order chi connectivity index (χ0) is 14.9. The molecule has 4 nitrogen and oxygen atoms in total. The van der Waals surface area contributed by atoms with Crippen molar-refractivity contribution in [2.75, 3.05) is 18.6 Å². The zero-order valence-electron chi connectivity index (χ0n) is 12.5. The summed E-state index contributed by atoms with van der Waals surface area (Å²) in [6.45, 7) is 6.75. The summed E-state index contributed by atoms with van der Waals surface area (Å²) in [7, 11) is 1.36. The average molecular weight is 275 g/mol. The van der Waals surface area contributed by atoms with E-state index in [1.165, 1.54) is 7.11 Å². The molecule has 2 rings (SSSR count). The second-order valence-corrected chi connectivity index (χ2v) is 6.20. The van der Waals surface area contributed by atoms with Crippen LogP contribution in [0.3, 0.4) is 0 Å². The third kappa shape index (κ3) is 2.69. The van der Waals surface area contributed by atoms with Crippen molar-refractivity contribution >= 4 is 17.6 Å². The highest BCUT2D eigenvalue weighted by Crippen LogP contribution is 2.35. The predicted octanol–water partition coefficient (Wildman–Crippen LogP) is 2.51. The van der Waals surface area contributed by atoms with Crippen molar-refractivity contribution < 1.29 is 14.3 Å². The first kappa shape index (κ1) is 14.6. The average Bonchev–Trinajstić information content (AvgIpc) is 2.79. The first-order chi connectivity index (χ1) is 9.34. The standard InChI is InChI=1S/C16H21NO3/c1-16(2,3)12-7-5-6-8-13(12)17-10-11(9-14(17)18)15(19)20-4/h5-8,11H,9-10H2,1-4H3.